The summed E-state index contributed by atoms with van der Waals surface area (Å²) in [6.45, 7) is 0.766. The van der Waals surface area contributed by atoms with E-state index in [9.17, 15) is 81.4 Å². The molecule has 5 aliphatic heterocycles. The van der Waals surface area contributed by atoms with Crippen LogP contribution in [0.4, 0.5) is 0 Å². The van der Waals surface area contributed by atoms with Crippen LogP contribution in [0.3, 0.4) is 0 Å². The third-order valence-electron chi connectivity index (χ3n) is 10.2. The molecule has 0 spiro atoms. The van der Waals surface area contributed by atoms with Gasteiger partial charge in [0.15, 0.2) is 37.6 Å². The van der Waals surface area contributed by atoms with Gasteiger partial charge in [-0.15, -0.1) is 0 Å². The molecule has 5 heterocycles. The van der Waals surface area contributed by atoms with E-state index in [4.69, 9.17) is 42.6 Å². The second-order valence-electron chi connectivity index (χ2n) is 14.0. The Morgan fingerprint density at radius 2 is 0.818 bits per heavy atom. The monoisotopic (exact) mass is 810 g/mol. The highest BCUT2D eigenvalue weighted by molar-refractivity contribution is 5.73. The van der Waals surface area contributed by atoms with Crippen LogP contribution >= 0.6 is 0 Å². The molecule has 5 fully saturated rings. The lowest BCUT2D eigenvalue weighted by Gasteiger charge is -2.49. The number of carboxylic acids is 1. The molecule has 0 aromatic heterocycles. The minimum absolute atomic E-state index is 0.881. The van der Waals surface area contributed by atoms with Gasteiger partial charge in [0.05, 0.1) is 25.4 Å². The van der Waals surface area contributed by atoms with Gasteiger partial charge in [-0.1, -0.05) is 0 Å². The number of carboxylic acid groups (broad SMARTS) is 1. The van der Waals surface area contributed by atoms with Crippen molar-refractivity contribution >= 4 is 5.97 Å². The van der Waals surface area contributed by atoms with Gasteiger partial charge in [-0.05, 0) is 13.8 Å². The third-order valence-corrected chi connectivity index (χ3v) is 10.2. The van der Waals surface area contributed by atoms with E-state index < -0.39 is 173 Å². The summed E-state index contributed by atoms with van der Waals surface area (Å²) in [6.07, 6.45) is -47.1. The zero-order chi connectivity index (χ0) is 40.8. The van der Waals surface area contributed by atoms with Gasteiger partial charge in [0.25, 0.3) is 0 Å². The van der Waals surface area contributed by atoms with Crippen molar-refractivity contribution in [2.24, 2.45) is 0 Å². The van der Waals surface area contributed by atoms with Gasteiger partial charge in [0.1, 0.15) is 104 Å². The predicted octanol–water partition coefficient (Wildman–Crippen LogP) is -9.78. The molecular weight excluding hydrogens is 760 g/mol. The van der Waals surface area contributed by atoms with E-state index in [1.165, 1.54) is 13.8 Å². The number of ether oxygens (including phenoxy) is 9. The van der Waals surface area contributed by atoms with Gasteiger partial charge in [-0.2, -0.15) is 0 Å². The summed E-state index contributed by atoms with van der Waals surface area (Å²) in [4.78, 5) is 12.3. The van der Waals surface area contributed by atoms with Gasteiger partial charge < -0.3 is 119 Å². The lowest BCUT2D eigenvalue weighted by molar-refractivity contribution is -0.403. The summed E-state index contributed by atoms with van der Waals surface area (Å²) >= 11 is 0. The maximum Gasteiger partial charge on any atom is 0.335 e. The van der Waals surface area contributed by atoms with E-state index >= 15 is 0 Å². The normalized spacial score (nSPS) is 53.9. The predicted molar refractivity (Wildman–Crippen MR) is 164 cm³/mol. The maximum absolute atomic E-state index is 12.3. The lowest BCUT2D eigenvalue weighted by Crippen LogP contribution is -2.68. The number of hydrogen-bond donors (Lipinski definition) is 15. The van der Waals surface area contributed by atoms with Crippen LogP contribution in [0.25, 0.3) is 0 Å². The Morgan fingerprint density at radius 3 is 1.36 bits per heavy atom. The molecule has 5 rings (SSSR count). The molecule has 15 N–H and O–H groups in total. The molecule has 0 radical (unpaired) electrons. The number of aliphatic hydroxyl groups is 14. The van der Waals surface area contributed by atoms with E-state index in [1.807, 2.05) is 0 Å². The molecule has 25 nitrogen and oxygen atoms in total. The number of aliphatic hydroxyl groups excluding tert-OH is 14. The zero-order valence-electron chi connectivity index (χ0n) is 29.1. The van der Waals surface area contributed by atoms with Crippen molar-refractivity contribution in [2.45, 2.75) is 167 Å². The third kappa shape index (κ3) is 8.94. The van der Waals surface area contributed by atoms with Crippen molar-refractivity contribution in [3.05, 3.63) is 0 Å². The Bertz CT molecular complexity index is 1250. The second-order valence-corrected chi connectivity index (χ2v) is 14.0. The molecule has 0 bridgehead atoms. The minimum Gasteiger partial charge on any atom is -0.479 e. The van der Waals surface area contributed by atoms with Crippen LogP contribution in [0.1, 0.15) is 13.8 Å². The summed E-state index contributed by atoms with van der Waals surface area (Å²) in [7, 11) is 0. The Balaban J connectivity index is 1.42. The first-order valence-electron chi connectivity index (χ1n) is 17.3. The summed E-state index contributed by atoms with van der Waals surface area (Å²) in [5.41, 5.74) is 0. The molecule has 0 saturated carbocycles. The SMILES string of the molecule is C[C@@H]1O[C@@H](O[C@H]2[C@H](O[C@H]3[C@H](O[C@H]4[C@H](O)[C@@H](O[C@@H]5O[C@H](CO)[C@@H](O)[C@H](O)[C@H]5O)C(O)O[C@@H]4C(=O)O)O[C@H](CO)[C@H](O)[C@@H]3O)O[C@@H](C)[C@H](O)[C@H]2O)[C@H](O)[C@H](O)[C@H]1O. The highest BCUT2D eigenvalue weighted by Gasteiger charge is 2.57. The summed E-state index contributed by atoms with van der Waals surface area (Å²) in [5.74, 6) is -1.84. The van der Waals surface area contributed by atoms with Gasteiger partial charge in [0, 0.05) is 0 Å². The van der Waals surface area contributed by atoms with Crippen molar-refractivity contribution < 1.29 is 124 Å². The molecule has 25 heteroatoms. The first-order chi connectivity index (χ1) is 25.8. The van der Waals surface area contributed by atoms with Crippen molar-refractivity contribution in [2.75, 3.05) is 13.2 Å². The first-order valence-corrected chi connectivity index (χ1v) is 17.3. The molecule has 5 saturated heterocycles. The van der Waals surface area contributed by atoms with Crippen molar-refractivity contribution in [1.82, 2.24) is 0 Å². The standard InChI is InChI=1S/C30H50O25/c1-5-9(33)13(37)17(41)27(47-5)54-22-15(39)10(34)6(2)48-29(22)55-23-16(40)12(36)8(4-32)50-30(23)52-20-19(43)21(26(46)51-24(20)25(44)45)53-28-18(42)14(38)11(35)7(3-31)49-28/h5-24,26-43,46H,3-4H2,1-2H3,(H,44,45)/t5-,6-,7+,8+,9-,10-,11+,12-,13+,14-,15+,16-,17+,18+,19-,20-,21+,22+,23+,24-,26?,27-,28-,29-,30-/m0/s1. The Morgan fingerprint density at radius 1 is 0.436 bits per heavy atom. The molecule has 25 atom stereocenters. The van der Waals surface area contributed by atoms with E-state index in [0.29, 0.717) is 0 Å². The molecule has 1 unspecified atom stereocenters. The van der Waals surface area contributed by atoms with Crippen LogP contribution in [-0.4, -0.2) is 249 Å². The lowest BCUT2D eigenvalue weighted by atomic mass is 9.95. The van der Waals surface area contributed by atoms with Gasteiger partial charge in [0.2, 0.25) is 0 Å². The number of aliphatic carboxylic acids is 1. The highest BCUT2D eigenvalue weighted by Crippen LogP contribution is 2.36. The number of hydrogen-bond acceptors (Lipinski definition) is 24. The smallest absolute Gasteiger partial charge is 0.335 e. The largest absolute Gasteiger partial charge is 0.479 e. The van der Waals surface area contributed by atoms with Crippen LogP contribution in [-0.2, 0) is 47.4 Å². The first kappa shape index (κ1) is 44.6. The van der Waals surface area contributed by atoms with E-state index in [2.05, 4.69) is 0 Å². The number of carbonyl (C=O) groups is 1. The molecule has 0 aromatic carbocycles. The van der Waals surface area contributed by atoms with Crippen LogP contribution in [0, 0.1) is 0 Å². The Labute approximate surface area is 310 Å². The topological polar surface area (TPSA) is 404 Å². The maximum atomic E-state index is 12.3. The van der Waals surface area contributed by atoms with Gasteiger partial charge in [-0.3, -0.25) is 0 Å². The highest BCUT2D eigenvalue weighted by atomic mass is 16.8. The quantitative estimate of drug-likeness (QED) is 0.0921. The molecule has 5 aliphatic rings. The zero-order valence-corrected chi connectivity index (χ0v) is 29.1. The molecule has 0 amide bonds. The molecule has 0 aromatic rings. The van der Waals surface area contributed by atoms with Crippen molar-refractivity contribution in [1.29, 1.82) is 0 Å². The average Bonchev–Trinajstić information content (AvgIpc) is 3.15. The van der Waals surface area contributed by atoms with Crippen molar-refractivity contribution in [3.8, 4) is 0 Å². The van der Waals surface area contributed by atoms with Crippen molar-refractivity contribution in [3.63, 3.8) is 0 Å². The fourth-order valence-electron chi connectivity index (χ4n) is 6.83. The van der Waals surface area contributed by atoms with Crippen LogP contribution in [0.15, 0.2) is 0 Å². The molecule has 320 valence electrons. The Kier molecular flexibility index (Phi) is 14.8. The summed E-state index contributed by atoms with van der Waals surface area (Å²) in [5, 5.41) is 157. The minimum atomic E-state index is -2.30. The fourth-order valence-corrected chi connectivity index (χ4v) is 6.83. The van der Waals surface area contributed by atoms with Gasteiger partial charge in [-0.25, -0.2) is 4.79 Å². The molecular formula is C30H50O25. The molecule has 55 heavy (non-hydrogen) atoms. The van der Waals surface area contributed by atoms with E-state index in [1.54, 1.807) is 0 Å². The van der Waals surface area contributed by atoms with Gasteiger partial charge >= 0.3 is 5.97 Å². The Hall–Kier alpha value is -1.45. The summed E-state index contributed by atoms with van der Waals surface area (Å²) < 4.78 is 49.9. The number of rotatable bonds is 11. The van der Waals surface area contributed by atoms with E-state index in [-0.39, 0.29) is 0 Å². The average molecular weight is 811 g/mol. The van der Waals surface area contributed by atoms with Crippen LogP contribution in [0.5, 0.6) is 0 Å². The summed E-state index contributed by atoms with van der Waals surface area (Å²) in [6, 6.07) is 0. The second kappa shape index (κ2) is 18.2. The van der Waals surface area contributed by atoms with Crippen LogP contribution < -0.4 is 0 Å². The van der Waals surface area contributed by atoms with Crippen LogP contribution in [0.2, 0.25) is 0 Å². The fraction of sp³-hybridized carbons (Fsp3) is 0.967. The molecule has 0 aliphatic carbocycles. The van der Waals surface area contributed by atoms with E-state index in [0.717, 1.165) is 0 Å².